The summed E-state index contributed by atoms with van der Waals surface area (Å²) in [4.78, 5) is 0. The van der Waals surface area contributed by atoms with Gasteiger partial charge < -0.3 is 4.74 Å². The summed E-state index contributed by atoms with van der Waals surface area (Å²) in [5.41, 5.74) is 8.02. The lowest BCUT2D eigenvalue weighted by molar-refractivity contribution is 0.195. The molecular formula is C26H34O. The van der Waals surface area contributed by atoms with Crippen LogP contribution in [0.25, 0.3) is 12.2 Å². The second-order valence-corrected chi connectivity index (χ2v) is 7.88. The molecule has 0 radical (unpaired) electrons. The van der Waals surface area contributed by atoms with Gasteiger partial charge in [0.1, 0.15) is 0 Å². The first kappa shape index (κ1) is 21.2. The SMILES string of the molecule is Cc1cc(C=CCOCC=Cc2ccc(C(C)C)c(C)c2)ccc1C(C)C. The summed E-state index contributed by atoms with van der Waals surface area (Å²) in [6.45, 7) is 14.6. The quantitative estimate of drug-likeness (QED) is 0.448. The lowest BCUT2D eigenvalue weighted by Crippen LogP contribution is -1.93. The number of hydrogen-bond acceptors (Lipinski definition) is 1. The van der Waals surface area contributed by atoms with Gasteiger partial charge in [-0.3, -0.25) is 0 Å². The van der Waals surface area contributed by atoms with Gasteiger partial charge in [0.15, 0.2) is 0 Å². The summed E-state index contributed by atoms with van der Waals surface area (Å²) in [6, 6.07) is 13.3. The molecule has 0 fully saturated rings. The molecule has 0 N–H and O–H groups in total. The second-order valence-electron chi connectivity index (χ2n) is 7.88. The highest BCUT2D eigenvalue weighted by molar-refractivity contribution is 5.53. The van der Waals surface area contributed by atoms with Gasteiger partial charge in [0.05, 0.1) is 13.2 Å². The number of aryl methyl sites for hydroxylation is 2. The lowest BCUT2D eigenvalue weighted by Gasteiger charge is -2.10. The average molecular weight is 363 g/mol. The van der Waals surface area contributed by atoms with Gasteiger partial charge in [0.2, 0.25) is 0 Å². The summed E-state index contributed by atoms with van der Waals surface area (Å²) in [5.74, 6) is 1.15. The van der Waals surface area contributed by atoms with Gasteiger partial charge in [0, 0.05) is 0 Å². The van der Waals surface area contributed by atoms with E-state index < -0.39 is 0 Å². The maximum Gasteiger partial charge on any atom is 0.0655 e. The Balaban J connectivity index is 1.78. The van der Waals surface area contributed by atoms with Crippen molar-refractivity contribution in [3.63, 3.8) is 0 Å². The summed E-state index contributed by atoms with van der Waals surface area (Å²) < 4.78 is 5.69. The van der Waals surface area contributed by atoms with E-state index in [9.17, 15) is 0 Å². The maximum absolute atomic E-state index is 5.69. The lowest BCUT2D eigenvalue weighted by atomic mass is 9.96. The third-order valence-electron chi connectivity index (χ3n) is 4.88. The molecular weight excluding hydrogens is 328 g/mol. The predicted octanol–water partition coefficient (Wildman–Crippen LogP) is 7.29. The molecule has 0 unspecified atom stereocenters. The third kappa shape index (κ3) is 6.52. The minimum absolute atomic E-state index is 0.573. The number of rotatable bonds is 8. The third-order valence-corrected chi connectivity index (χ3v) is 4.88. The molecule has 0 aliphatic heterocycles. The van der Waals surface area contributed by atoms with E-state index >= 15 is 0 Å². The molecule has 2 rings (SSSR count). The molecule has 0 aliphatic rings. The van der Waals surface area contributed by atoms with Crippen LogP contribution in [0.2, 0.25) is 0 Å². The predicted molar refractivity (Wildman–Crippen MR) is 119 cm³/mol. The minimum Gasteiger partial charge on any atom is -0.373 e. The van der Waals surface area contributed by atoms with Crippen LogP contribution in [-0.4, -0.2) is 13.2 Å². The number of benzene rings is 2. The van der Waals surface area contributed by atoms with Gasteiger partial charge in [-0.1, -0.05) is 88.4 Å². The van der Waals surface area contributed by atoms with Crippen LogP contribution in [-0.2, 0) is 4.74 Å². The van der Waals surface area contributed by atoms with Gasteiger partial charge in [-0.05, 0) is 59.1 Å². The van der Waals surface area contributed by atoms with Crippen molar-refractivity contribution in [3.8, 4) is 0 Å². The van der Waals surface area contributed by atoms with Crippen molar-refractivity contribution < 1.29 is 4.74 Å². The number of ether oxygens (including phenoxy) is 1. The Bertz CT molecular complexity index is 726. The van der Waals surface area contributed by atoms with Crippen molar-refractivity contribution in [1.82, 2.24) is 0 Å². The van der Waals surface area contributed by atoms with Crippen LogP contribution in [0, 0.1) is 13.8 Å². The van der Waals surface area contributed by atoms with Crippen molar-refractivity contribution in [2.75, 3.05) is 13.2 Å². The molecule has 0 aromatic heterocycles. The molecule has 2 aromatic carbocycles. The first-order valence-electron chi connectivity index (χ1n) is 10.0. The highest BCUT2D eigenvalue weighted by atomic mass is 16.5. The van der Waals surface area contributed by atoms with Gasteiger partial charge in [-0.15, -0.1) is 0 Å². The smallest absolute Gasteiger partial charge is 0.0655 e. The maximum atomic E-state index is 5.69. The molecule has 0 aliphatic carbocycles. The van der Waals surface area contributed by atoms with Crippen LogP contribution in [0.3, 0.4) is 0 Å². The zero-order chi connectivity index (χ0) is 19.8. The zero-order valence-corrected chi connectivity index (χ0v) is 17.8. The molecule has 0 atom stereocenters. The van der Waals surface area contributed by atoms with E-state index in [1.165, 1.54) is 33.4 Å². The van der Waals surface area contributed by atoms with Crippen molar-refractivity contribution in [2.24, 2.45) is 0 Å². The van der Waals surface area contributed by atoms with E-state index in [2.05, 4.69) is 102 Å². The Labute approximate surface area is 165 Å². The normalized spacial score (nSPS) is 12.1. The first-order valence-corrected chi connectivity index (χ1v) is 10.0. The molecule has 1 nitrogen and oxygen atoms in total. The molecule has 0 saturated heterocycles. The second kappa shape index (κ2) is 10.3. The zero-order valence-electron chi connectivity index (χ0n) is 17.8. The molecule has 0 saturated carbocycles. The Morgan fingerprint density at radius 2 is 1.11 bits per heavy atom. The minimum atomic E-state index is 0.573. The Hall–Kier alpha value is -2.12. The van der Waals surface area contributed by atoms with Crippen molar-refractivity contribution >= 4 is 12.2 Å². The van der Waals surface area contributed by atoms with E-state index in [0.29, 0.717) is 25.0 Å². The van der Waals surface area contributed by atoms with Gasteiger partial charge in [0.25, 0.3) is 0 Å². The van der Waals surface area contributed by atoms with E-state index in [4.69, 9.17) is 4.74 Å². The van der Waals surface area contributed by atoms with Gasteiger partial charge in [-0.25, -0.2) is 0 Å². The van der Waals surface area contributed by atoms with Crippen LogP contribution in [0.5, 0.6) is 0 Å². The van der Waals surface area contributed by atoms with Gasteiger partial charge in [-0.2, -0.15) is 0 Å². The molecule has 0 amide bonds. The standard InChI is InChI=1S/C26H34O/c1-19(2)25-13-11-23(17-21(25)5)9-7-15-27-16-8-10-24-12-14-26(20(3)4)22(6)18-24/h7-14,17-20H,15-16H2,1-6H3. The average Bonchev–Trinajstić information content (AvgIpc) is 2.60. The van der Waals surface area contributed by atoms with Crippen LogP contribution in [0.4, 0.5) is 0 Å². The van der Waals surface area contributed by atoms with Gasteiger partial charge >= 0.3 is 0 Å². The van der Waals surface area contributed by atoms with Crippen molar-refractivity contribution in [1.29, 1.82) is 0 Å². The fraction of sp³-hybridized carbons (Fsp3) is 0.385. The van der Waals surface area contributed by atoms with E-state index in [-0.39, 0.29) is 0 Å². The van der Waals surface area contributed by atoms with E-state index in [1.807, 2.05) is 0 Å². The summed E-state index contributed by atoms with van der Waals surface area (Å²) >= 11 is 0. The van der Waals surface area contributed by atoms with Crippen molar-refractivity contribution in [2.45, 2.75) is 53.4 Å². The Morgan fingerprint density at radius 3 is 1.44 bits per heavy atom. The fourth-order valence-electron chi connectivity index (χ4n) is 3.47. The topological polar surface area (TPSA) is 9.23 Å². The summed E-state index contributed by atoms with van der Waals surface area (Å²) in [7, 11) is 0. The molecule has 144 valence electrons. The van der Waals surface area contributed by atoms with Crippen LogP contribution in [0.15, 0.2) is 48.6 Å². The van der Waals surface area contributed by atoms with Crippen LogP contribution < -0.4 is 0 Å². The summed E-state index contributed by atoms with van der Waals surface area (Å²) in [5, 5.41) is 0. The largest absolute Gasteiger partial charge is 0.373 e. The summed E-state index contributed by atoms with van der Waals surface area (Å²) in [6.07, 6.45) is 8.43. The molecule has 0 spiro atoms. The highest BCUT2D eigenvalue weighted by Gasteiger charge is 2.03. The van der Waals surface area contributed by atoms with Crippen LogP contribution in [0.1, 0.15) is 72.9 Å². The first-order chi connectivity index (χ1) is 12.9. The van der Waals surface area contributed by atoms with Crippen LogP contribution >= 0.6 is 0 Å². The Kier molecular flexibility index (Phi) is 8.06. The Morgan fingerprint density at radius 1 is 0.704 bits per heavy atom. The molecule has 0 bridgehead atoms. The molecule has 1 heteroatoms. The number of hydrogen-bond donors (Lipinski definition) is 0. The fourth-order valence-corrected chi connectivity index (χ4v) is 3.47. The van der Waals surface area contributed by atoms with E-state index in [0.717, 1.165) is 0 Å². The molecule has 27 heavy (non-hydrogen) atoms. The molecule has 0 heterocycles. The van der Waals surface area contributed by atoms with Crippen molar-refractivity contribution in [3.05, 3.63) is 81.9 Å². The highest BCUT2D eigenvalue weighted by Crippen LogP contribution is 2.21. The monoisotopic (exact) mass is 362 g/mol. The molecule has 2 aromatic rings. The van der Waals surface area contributed by atoms with E-state index in [1.54, 1.807) is 0 Å².